The first kappa shape index (κ1) is 13.8. The minimum Gasteiger partial charge on any atom is -0.399 e. The largest absolute Gasteiger partial charge is 0.399 e. The average Bonchev–Trinajstić information content (AvgIpc) is 2.21. The van der Waals surface area contributed by atoms with E-state index < -0.39 is 18.3 Å². The first-order valence-electron chi connectivity index (χ1n) is 4.27. The number of amides is 1. The summed E-state index contributed by atoms with van der Waals surface area (Å²) in [5.41, 5.74) is 5.65. The van der Waals surface area contributed by atoms with Crippen LogP contribution in [0.25, 0.3) is 0 Å². The molecule has 94 valence electrons. The number of nitrogens with two attached hydrogens (primary N) is 1. The molecule has 0 saturated carbocycles. The lowest BCUT2D eigenvalue weighted by molar-refractivity contribution is -0.163. The lowest BCUT2D eigenvalue weighted by Crippen LogP contribution is -2.41. The van der Waals surface area contributed by atoms with Crippen LogP contribution in [0.2, 0.25) is 0 Å². The van der Waals surface area contributed by atoms with Crippen LogP contribution in [0, 0.1) is 0 Å². The predicted octanol–water partition coefficient (Wildman–Crippen LogP) is 2.87. The molecule has 3 nitrogen and oxygen atoms in total. The van der Waals surface area contributed by atoms with Crippen molar-refractivity contribution in [1.82, 2.24) is 0 Å². The number of carbonyl (C=O) groups is 1. The third-order valence-electron chi connectivity index (χ3n) is 1.82. The van der Waals surface area contributed by atoms with E-state index in [4.69, 9.17) is 5.73 Å². The first-order valence-corrected chi connectivity index (χ1v) is 5.07. The first-order chi connectivity index (χ1) is 7.75. The SMILES string of the molecule is Nc1ccc(NC(=O)C(F)(F)C(F)F)c(Br)c1. The fraction of sp³-hybridized carbons (Fsp3) is 0.222. The van der Waals surface area contributed by atoms with E-state index in [1.807, 2.05) is 0 Å². The van der Waals surface area contributed by atoms with Gasteiger partial charge >= 0.3 is 18.3 Å². The highest BCUT2D eigenvalue weighted by molar-refractivity contribution is 9.10. The van der Waals surface area contributed by atoms with Crippen molar-refractivity contribution in [1.29, 1.82) is 0 Å². The summed E-state index contributed by atoms with van der Waals surface area (Å²) in [6, 6.07) is 3.90. The molecule has 0 spiro atoms. The molecule has 0 aliphatic heterocycles. The van der Waals surface area contributed by atoms with E-state index in [9.17, 15) is 22.4 Å². The Morgan fingerprint density at radius 1 is 1.41 bits per heavy atom. The number of anilines is 2. The standard InChI is InChI=1S/C9H7BrF4N2O/c10-5-3-4(15)1-2-6(5)16-8(17)9(13,14)7(11)12/h1-3,7H,15H2,(H,16,17). The highest BCUT2D eigenvalue weighted by Gasteiger charge is 2.49. The average molecular weight is 315 g/mol. The molecule has 0 bridgehead atoms. The van der Waals surface area contributed by atoms with Crippen LogP contribution >= 0.6 is 15.9 Å². The maximum Gasteiger partial charge on any atom is 0.383 e. The molecule has 8 heteroatoms. The molecular formula is C9H7BrF4N2O. The van der Waals surface area contributed by atoms with E-state index in [0.717, 1.165) is 0 Å². The van der Waals surface area contributed by atoms with Gasteiger partial charge in [0.05, 0.1) is 5.69 Å². The van der Waals surface area contributed by atoms with E-state index in [1.54, 1.807) is 5.32 Å². The summed E-state index contributed by atoms with van der Waals surface area (Å²) in [5, 5.41) is 1.69. The van der Waals surface area contributed by atoms with Crippen molar-refractivity contribution in [2.24, 2.45) is 0 Å². The lowest BCUT2D eigenvalue weighted by Gasteiger charge is -2.15. The van der Waals surface area contributed by atoms with Crippen molar-refractivity contribution in [3.8, 4) is 0 Å². The van der Waals surface area contributed by atoms with Crippen molar-refractivity contribution in [2.45, 2.75) is 12.3 Å². The number of alkyl halides is 4. The molecular weight excluding hydrogens is 308 g/mol. The quantitative estimate of drug-likeness (QED) is 0.666. The zero-order valence-corrected chi connectivity index (χ0v) is 9.77. The molecule has 0 heterocycles. The van der Waals surface area contributed by atoms with Crippen molar-refractivity contribution in [2.75, 3.05) is 11.1 Å². The Bertz CT molecular complexity index is 439. The minimum atomic E-state index is -4.74. The normalized spacial score (nSPS) is 11.6. The number of hydrogen-bond donors (Lipinski definition) is 2. The monoisotopic (exact) mass is 314 g/mol. The lowest BCUT2D eigenvalue weighted by atomic mass is 10.2. The molecule has 1 rings (SSSR count). The van der Waals surface area contributed by atoms with E-state index >= 15 is 0 Å². The summed E-state index contributed by atoms with van der Waals surface area (Å²) in [4.78, 5) is 10.9. The molecule has 3 N–H and O–H groups in total. The van der Waals surface area contributed by atoms with Crippen molar-refractivity contribution in [3.05, 3.63) is 22.7 Å². The summed E-state index contributed by atoms with van der Waals surface area (Å²) < 4.78 is 49.3. The maximum atomic E-state index is 12.6. The van der Waals surface area contributed by atoms with Crippen molar-refractivity contribution >= 4 is 33.2 Å². The van der Waals surface area contributed by atoms with Gasteiger partial charge in [-0.25, -0.2) is 8.78 Å². The van der Waals surface area contributed by atoms with Gasteiger partial charge in [0.2, 0.25) is 0 Å². The van der Waals surface area contributed by atoms with Gasteiger partial charge in [-0.1, -0.05) is 0 Å². The summed E-state index contributed by atoms with van der Waals surface area (Å²) in [6.45, 7) is 0. The van der Waals surface area contributed by atoms with Gasteiger partial charge in [-0.3, -0.25) is 4.79 Å². The maximum absolute atomic E-state index is 12.6. The molecule has 0 saturated heterocycles. The smallest absolute Gasteiger partial charge is 0.383 e. The Balaban J connectivity index is 2.89. The van der Waals surface area contributed by atoms with Crippen LogP contribution in [0.15, 0.2) is 22.7 Å². The number of rotatable bonds is 3. The molecule has 0 aliphatic carbocycles. The molecule has 0 atom stereocenters. The Kier molecular flexibility index (Phi) is 3.97. The van der Waals surface area contributed by atoms with Gasteiger partial charge in [0.25, 0.3) is 0 Å². The molecule has 1 aromatic rings. The molecule has 0 unspecified atom stereocenters. The van der Waals surface area contributed by atoms with Crippen molar-refractivity contribution < 1.29 is 22.4 Å². The van der Waals surface area contributed by atoms with E-state index in [-0.39, 0.29) is 10.2 Å². The molecule has 17 heavy (non-hydrogen) atoms. The van der Waals surface area contributed by atoms with E-state index in [1.165, 1.54) is 18.2 Å². The van der Waals surface area contributed by atoms with Gasteiger partial charge in [0, 0.05) is 10.2 Å². The second-order valence-corrected chi connectivity index (χ2v) is 3.97. The second-order valence-electron chi connectivity index (χ2n) is 3.12. The molecule has 0 aromatic heterocycles. The minimum absolute atomic E-state index is 0.0653. The number of nitrogens with one attached hydrogen (secondary N) is 1. The van der Waals surface area contributed by atoms with Gasteiger partial charge in [-0.15, -0.1) is 0 Å². The van der Waals surface area contributed by atoms with Crippen LogP contribution in [0.1, 0.15) is 0 Å². The Morgan fingerprint density at radius 3 is 2.47 bits per heavy atom. The van der Waals surface area contributed by atoms with Crippen LogP contribution in [0.5, 0.6) is 0 Å². The van der Waals surface area contributed by atoms with Gasteiger partial charge in [0.1, 0.15) is 0 Å². The van der Waals surface area contributed by atoms with E-state index in [0.29, 0.717) is 5.69 Å². The summed E-state index contributed by atoms with van der Waals surface area (Å²) in [5.74, 6) is -6.81. The van der Waals surface area contributed by atoms with Crippen LogP contribution in [-0.4, -0.2) is 18.3 Å². The van der Waals surface area contributed by atoms with Gasteiger partial charge in [-0.2, -0.15) is 8.78 Å². The second kappa shape index (κ2) is 4.91. The van der Waals surface area contributed by atoms with Crippen LogP contribution in [0.4, 0.5) is 28.9 Å². The number of hydrogen-bond acceptors (Lipinski definition) is 2. The van der Waals surface area contributed by atoms with Gasteiger partial charge in [0.15, 0.2) is 0 Å². The fourth-order valence-electron chi connectivity index (χ4n) is 0.937. The topological polar surface area (TPSA) is 55.1 Å². The summed E-state index contributed by atoms with van der Waals surface area (Å²) >= 11 is 2.95. The molecule has 0 fully saturated rings. The zero-order chi connectivity index (χ0) is 13.2. The highest BCUT2D eigenvalue weighted by Crippen LogP contribution is 2.28. The van der Waals surface area contributed by atoms with Gasteiger partial charge in [-0.05, 0) is 34.1 Å². The highest BCUT2D eigenvalue weighted by atomic mass is 79.9. The Morgan fingerprint density at radius 2 is 2.00 bits per heavy atom. The molecule has 0 radical (unpaired) electrons. The summed E-state index contributed by atoms with van der Waals surface area (Å²) in [7, 11) is 0. The number of halogens is 5. The van der Waals surface area contributed by atoms with Crippen molar-refractivity contribution in [3.63, 3.8) is 0 Å². The van der Waals surface area contributed by atoms with Crippen LogP contribution in [-0.2, 0) is 4.79 Å². The van der Waals surface area contributed by atoms with E-state index in [2.05, 4.69) is 15.9 Å². The third kappa shape index (κ3) is 3.09. The Labute approximate surface area is 102 Å². The third-order valence-corrected chi connectivity index (χ3v) is 2.47. The van der Waals surface area contributed by atoms with Crippen LogP contribution < -0.4 is 11.1 Å². The number of nitrogen functional groups attached to an aromatic ring is 1. The van der Waals surface area contributed by atoms with Crippen LogP contribution in [0.3, 0.4) is 0 Å². The predicted molar refractivity (Wildman–Crippen MR) is 58.1 cm³/mol. The van der Waals surface area contributed by atoms with Gasteiger partial charge < -0.3 is 11.1 Å². The fourth-order valence-corrected chi connectivity index (χ4v) is 1.43. The number of carbonyl (C=O) groups excluding carboxylic acids is 1. The Hall–Kier alpha value is -1.31. The molecule has 1 amide bonds. The molecule has 1 aromatic carbocycles. The zero-order valence-electron chi connectivity index (χ0n) is 8.18. The molecule has 0 aliphatic rings. The summed E-state index contributed by atoms with van der Waals surface area (Å²) in [6.07, 6.45) is -4.06. The number of benzene rings is 1.